The summed E-state index contributed by atoms with van der Waals surface area (Å²) < 4.78 is 27.4. The molecule has 0 unspecified atom stereocenters. The van der Waals surface area contributed by atoms with Crippen molar-refractivity contribution >= 4 is 15.7 Å². The number of nitrogens with zero attached hydrogens (tertiary/aromatic N) is 2. The van der Waals surface area contributed by atoms with E-state index >= 15 is 0 Å². The Labute approximate surface area is 106 Å². The molecule has 0 amide bonds. The van der Waals surface area contributed by atoms with Crippen LogP contribution in [0.2, 0.25) is 0 Å². The van der Waals surface area contributed by atoms with Crippen LogP contribution in [0.25, 0.3) is 5.69 Å². The molecule has 18 heavy (non-hydrogen) atoms. The summed E-state index contributed by atoms with van der Waals surface area (Å²) in [6.07, 6.45) is 3.46. The summed E-state index contributed by atoms with van der Waals surface area (Å²) in [6, 6.07) is 4.78. The summed E-state index contributed by atoms with van der Waals surface area (Å²) in [5.41, 5.74) is 6.77. The van der Waals surface area contributed by atoms with E-state index in [1.54, 1.807) is 24.5 Å². The van der Waals surface area contributed by atoms with Gasteiger partial charge in [0.05, 0.1) is 5.69 Å². The molecule has 0 aliphatic rings. The number of rotatable bonds is 3. The maximum absolute atomic E-state index is 11.7. The Morgan fingerprint density at radius 1 is 1.39 bits per heavy atom. The highest BCUT2D eigenvalue weighted by atomic mass is 32.2. The number of nitrogens with one attached hydrogen (secondary N) is 1. The monoisotopic (exact) mass is 266 g/mol. The summed E-state index contributed by atoms with van der Waals surface area (Å²) in [5.74, 6) is 0.804. The smallest absolute Gasteiger partial charge is 0.242 e. The van der Waals surface area contributed by atoms with E-state index in [-0.39, 0.29) is 10.6 Å². The summed E-state index contributed by atoms with van der Waals surface area (Å²) in [6.45, 7) is 1.86. The molecule has 0 atom stereocenters. The standard InChI is InChI=1S/C11H14N4O2S/c1-8-14-5-6-15(8)9-3-4-11(10(12)7-9)18(16,17)13-2/h3-7,13H,12H2,1-2H3. The summed E-state index contributed by atoms with van der Waals surface area (Å²) in [5, 5.41) is 0. The molecule has 3 N–H and O–H groups in total. The van der Waals surface area contributed by atoms with Crippen molar-refractivity contribution in [3.05, 3.63) is 36.4 Å². The van der Waals surface area contributed by atoms with Gasteiger partial charge < -0.3 is 10.3 Å². The maximum Gasteiger partial charge on any atom is 0.242 e. The van der Waals surface area contributed by atoms with Crippen molar-refractivity contribution in [1.29, 1.82) is 0 Å². The van der Waals surface area contributed by atoms with Crippen LogP contribution in [0.4, 0.5) is 5.69 Å². The second kappa shape index (κ2) is 4.43. The van der Waals surface area contributed by atoms with Gasteiger partial charge in [-0.15, -0.1) is 0 Å². The Morgan fingerprint density at radius 2 is 2.11 bits per heavy atom. The van der Waals surface area contributed by atoms with Crippen LogP contribution in [0.15, 0.2) is 35.5 Å². The number of hydrogen-bond donors (Lipinski definition) is 2. The van der Waals surface area contributed by atoms with Crippen LogP contribution in [-0.2, 0) is 10.0 Å². The number of sulfonamides is 1. The fraction of sp³-hybridized carbons (Fsp3) is 0.182. The van der Waals surface area contributed by atoms with Gasteiger partial charge in [-0.05, 0) is 32.2 Å². The average molecular weight is 266 g/mol. The van der Waals surface area contributed by atoms with E-state index in [2.05, 4.69) is 9.71 Å². The Bertz CT molecular complexity index is 676. The molecule has 0 bridgehead atoms. The Hall–Kier alpha value is -1.86. The molecular formula is C11H14N4O2S. The van der Waals surface area contributed by atoms with Gasteiger partial charge in [0.1, 0.15) is 10.7 Å². The molecule has 1 heterocycles. The van der Waals surface area contributed by atoms with Crippen molar-refractivity contribution in [2.24, 2.45) is 0 Å². The Kier molecular flexibility index (Phi) is 3.10. The molecule has 0 spiro atoms. The topological polar surface area (TPSA) is 90.0 Å². The lowest BCUT2D eigenvalue weighted by Crippen LogP contribution is -2.20. The van der Waals surface area contributed by atoms with E-state index < -0.39 is 10.0 Å². The van der Waals surface area contributed by atoms with Crippen molar-refractivity contribution in [2.75, 3.05) is 12.8 Å². The zero-order chi connectivity index (χ0) is 13.3. The van der Waals surface area contributed by atoms with Gasteiger partial charge >= 0.3 is 0 Å². The highest BCUT2D eigenvalue weighted by Gasteiger charge is 2.15. The Morgan fingerprint density at radius 3 is 2.61 bits per heavy atom. The molecule has 1 aromatic carbocycles. The zero-order valence-corrected chi connectivity index (χ0v) is 10.9. The molecule has 0 aliphatic heterocycles. The van der Waals surface area contributed by atoms with Crippen LogP contribution in [0.5, 0.6) is 0 Å². The van der Waals surface area contributed by atoms with Gasteiger partial charge in [-0.2, -0.15) is 0 Å². The first-order valence-electron chi connectivity index (χ1n) is 5.29. The van der Waals surface area contributed by atoms with Crippen molar-refractivity contribution in [1.82, 2.24) is 14.3 Å². The van der Waals surface area contributed by atoms with Crippen molar-refractivity contribution in [3.8, 4) is 5.69 Å². The van der Waals surface area contributed by atoms with Crippen molar-refractivity contribution in [2.45, 2.75) is 11.8 Å². The maximum atomic E-state index is 11.7. The molecule has 0 saturated carbocycles. The molecule has 0 radical (unpaired) electrons. The highest BCUT2D eigenvalue weighted by Crippen LogP contribution is 2.22. The summed E-state index contributed by atoms with van der Waals surface area (Å²) in [7, 11) is -2.17. The summed E-state index contributed by atoms with van der Waals surface area (Å²) >= 11 is 0. The predicted molar refractivity (Wildman–Crippen MR) is 69.0 cm³/mol. The van der Waals surface area contributed by atoms with Crippen molar-refractivity contribution < 1.29 is 8.42 Å². The van der Waals surface area contributed by atoms with Gasteiger partial charge in [-0.25, -0.2) is 18.1 Å². The first-order chi connectivity index (χ1) is 8.45. The number of imidazole rings is 1. The normalized spacial score (nSPS) is 11.7. The quantitative estimate of drug-likeness (QED) is 0.799. The SMILES string of the molecule is CNS(=O)(=O)c1ccc(-n2ccnc2C)cc1N. The number of nitrogen functional groups attached to an aromatic ring is 1. The van der Waals surface area contributed by atoms with Gasteiger partial charge in [0.2, 0.25) is 10.0 Å². The molecule has 7 heteroatoms. The van der Waals surface area contributed by atoms with Gasteiger partial charge in [0.25, 0.3) is 0 Å². The number of hydrogen-bond acceptors (Lipinski definition) is 4. The third kappa shape index (κ3) is 2.09. The minimum absolute atomic E-state index is 0.0755. The molecule has 0 aliphatic carbocycles. The number of anilines is 1. The molecular weight excluding hydrogens is 252 g/mol. The largest absolute Gasteiger partial charge is 0.398 e. The second-order valence-electron chi connectivity index (χ2n) is 3.77. The van der Waals surface area contributed by atoms with Crippen LogP contribution in [-0.4, -0.2) is 25.0 Å². The van der Waals surface area contributed by atoms with Crippen LogP contribution in [0.3, 0.4) is 0 Å². The van der Waals surface area contributed by atoms with Crippen molar-refractivity contribution in [3.63, 3.8) is 0 Å². The third-order valence-electron chi connectivity index (χ3n) is 2.66. The van der Waals surface area contributed by atoms with E-state index in [0.717, 1.165) is 11.5 Å². The molecule has 2 rings (SSSR count). The lowest BCUT2D eigenvalue weighted by molar-refractivity contribution is 0.588. The molecule has 6 nitrogen and oxygen atoms in total. The lowest BCUT2D eigenvalue weighted by atomic mass is 10.3. The average Bonchev–Trinajstić information content (AvgIpc) is 2.75. The van der Waals surface area contributed by atoms with Gasteiger partial charge in [0.15, 0.2) is 0 Å². The van der Waals surface area contributed by atoms with E-state index in [0.29, 0.717) is 0 Å². The number of nitrogens with two attached hydrogens (primary N) is 1. The molecule has 0 saturated heterocycles. The fourth-order valence-corrected chi connectivity index (χ4v) is 2.53. The second-order valence-corrected chi connectivity index (χ2v) is 5.63. The van der Waals surface area contributed by atoms with Crippen LogP contribution >= 0.6 is 0 Å². The Balaban J connectivity index is 2.53. The first kappa shape index (κ1) is 12.6. The van der Waals surface area contributed by atoms with Gasteiger partial charge in [0, 0.05) is 18.1 Å². The van der Waals surface area contributed by atoms with Crippen LogP contribution in [0.1, 0.15) is 5.82 Å². The molecule has 2 aromatic rings. The fourth-order valence-electron chi connectivity index (χ4n) is 1.69. The number of aryl methyl sites for hydroxylation is 1. The molecule has 96 valence electrons. The summed E-state index contributed by atoms with van der Waals surface area (Å²) in [4.78, 5) is 4.18. The number of benzene rings is 1. The third-order valence-corrected chi connectivity index (χ3v) is 4.14. The minimum Gasteiger partial charge on any atom is -0.398 e. The predicted octanol–water partition coefficient (Wildman–Crippen LogP) is 0.671. The van der Waals surface area contributed by atoms with Gasteiger partial charge in [-0.3, -0.25) is 0 Å². The molecule has 1 aromatic heterocycles. The zero-order valence-electron chi connectivity index (χ0n) is 10.1. The first-order valence-corrected chi connectivity index (χ1v) is 6.77. The minimum atomic E-state index is -3.52. The van der Waals surface area contributed by atoms with E-state index in [1.807, 2.05) is 11.5 Å². The van der Waals surface area contributed by atoms with Crippen LogP contribution < -0.4 is 10.5 Å². The lowest BCUT2D eigenvalue weighted by Gasteiger charge is -2.10. The highest BCUT2D eigenvalue weighted by molar-refractivity contribution is 7.89. The van der Waals surface area contributed by atoms with Gasteiger partial charge in [-0.1, -0.05) is 0 Å². The number of aromatic nitrogens is 2. The molecule has 0 fully saturated rings. The van der Waals surface area contributed by atoms with E-state index in [1.165, 1.54) is 13.1 Å². The van der Waals surface area contributed by atoms with E-state index in [9.17, 15) is 8.42 Å². The van der Waals surface area contributed by atoms with E-state index in [4.69, 9.17) is 5.73 Å². The van der Waals surface area contributed by atoms with Crippen LogP contribution in [0, 0.1) is 6.92 Å².